The lowest BCUT2D eigenvalue weighted by Crippen LogP contribution is -2.61. The molecule has 1 heterocycles. The van der Waals surface area contributed by atoms with Crippen molar-refractivity contribution in [2.45, 2.75) is 44.8 Å². The Labute approximate surface area is 114 Å². The van der Waals surface area contributed by atoms with Crippen LogP contribution >= 0.6 is 0 Å². The zero-order valence-corrected chi connectivity index (χ0v) is 12.5. The van der Waals surface area contributed by atoms with Gasteiger partial charge in [-0.3, -0.25) is 4.79 Å². The molecule has 0 radical (unpaired) electrons. The zero-order valence-electron chi connectivity index (χ0n) is 12.5. The fourth-order valence-electron chi connectivity index (χ4n) is 2.23. The predicted molar refractivity (Wildman–Crippen MR) is 72.9 cm³/mol. The van der Waals surface area contributed by atoms with Gasteiger partial charge in [0, 0.05) is 20.1 Å². The molecule has 110 valence electrons. The number of carbonyl (C=O) groups is 2. The molecular formula is C13H25N3O3. The fraction of sp³-hybridized carbons (Fsp3) is 0.846. The second-order valence-corrected chi connectivity index (χ2v) is 5.88. The van der Waals surface area contributed by atoms with Crippen LogP contribution in [0.1, 0.15) is 33.6 Å². The molecule has 19 heavy (non-hydrogen) atoms. The average molecular weight is 271 g/mol. The normalized spacial score (nSPS) is 18.9. The molecular weight excluding hydrogens is 246 g/mol. The standard InChI is InChI=1S/C13H25N3O3/c1-12(2,3)19-11(18)16-8-6-13(15-5,7-9-16)10(17)14-4/h15H,6-9H2,1-5H3,(H,14,17). The van der Waals surface area contributed by atoms with Crippen molar-refractivity contribution in [1.29, 1.82) is 0 Å². The average Bonchev–Trinajstić information content (AvgIpc) is 2.35. The van der Waals surface area contributed by atoms with Crippen LogP contribution in [0.25, 0.3) is 0 Å². The molecule has 0 atom stereocenters. The predicted octanol–water partition coefficient (Wildman–Crippen LogP) is 0.721. The van der Waals surface area contributed by atoms with E-state index in [-0.39, 0.29) is 12.0 Å². The Morgan fingerprint density at radius 1 is 1.16 bits per heavy atom. The van der Waals surface area contributed by atoms with Gasteiger partial charge in [0.2, 0.25) is 5.91 Å². The maximum Gasteiger partial charge on any atom is 0.410 e. The lowest BCUT2D eigenvalue weighted by Gasteiger charge is -2.40. The number of hydrogen-bond acceptors (Lipinski definition) is 4. The third-order valence-corrected chi connectivity index (χ3v) is 3.41. The van der Waals surface area contributed by atoms with Gasteiger partial charge in [-0.1, -0.05) is 0 Å². The summed E-state index contributed by atoms with van der Waals surface area (Å²) >= 11 is 0. The quantitative estimate of drug-likeness (QED) is 0.776. The molecule has 1 aliphatic heterocycles. The fourth-order valence-corrected chi connectivity index (χ4v) is 2.23. The Morgan fingerprint density at radius 2 is 1.68 bits per heavy atom. The lowest BCUT2D eigenvalue weighted by molar-refractivity contribution is -0.129. The minimum absolute atomic E-state index is 0.0289. The molecule has 0 unspecified atom stereocenters. The van der Waals surface area contributed by atoms with Crippen molar-refractivity contribution in [2.24, 2.45) is 0 Å². The smallest absolute Gasteiger partial charge is 0.410 e. The van der Waals surface area contributed by atoms with E-state index in [1.54, 1.807) is 19.0 Å². The minimum atomic E-state index is -0.576. The number of rotatable bonds is 2. The Kier molecular flexibility index (Phi) is 4.79. The highest BCUT2D eigenvalue weighted by atomic mass is 16.6. The number of likely N-dealkylation sites (tertiary alicyclic amines) is 1. The highest BCUT2D eigenvalue weighted by Gasteiger charge is 2.41. The molecule has 6 heteroatoms. The van der Waals surface area contributed by atoms with Crippen LogP contribution in [-0.4, -0.2) is 55.2 Å². The van der Waals surface area contributed by atoms with E-state index in [0.29, 0.717) is 25.9 Å². The van der Waals surface area contributed by atoms with Crippen molar-refractivity contribution in [2.75, 3.05) is 27.2 Å². The second kappa shape index (κ2) is 5.77. The Balaban J connectivity index is 2.61. The van der Waals surface area contributed by atoms with Crippen molar-refractivity contribution in [3.8, 4) is 0 Å². The Morgan fingerprint density at radius 3 is 2.05 bits per heavy atom. The van der Waals surface area contributed by atoms with Crippen LogP contribution < -0.4 is 10.6 Å². The number of amides is 2. The first-order valence-corrected chi connectivity index (χ1v) is 6.63. The van der Waals surface area contributed by atoms with Crippen molar-refractivity contribution in [3.05, 3.63) is 0 Å². The number of ether oxygens (including phenoxy) is 1. The summed E-state index contributed by atoms with van der Waals surface area (Å²) in [4.78, 5) is 25.5. The van der Waals surface area contributed by atoms with Crippen LogP contribution in [-0.2, 0) is 9.53 Å². The summed E-state index contributed by atoms with van der Waals surface area (Å²) in [5, 5.41) is 5.76. The van der Waals surface area contributed by atoms with Crippen LogP contribution in [0.4, 0.5) is 4.79 Å². The van der Waals surface area contributed by atoms with Gasteiger partial charge in [-0.15, -0.1) is 0 Å². The number of likely N-dealkylation sites (N-methyl/N-ethyl adjacent to an activating group) is 2. The van der Waals surface area contributed by atoms with Crippen LogP contribution in [0, 0.1) is 0 Å². The molecule has 0 spiro atoms. The van der Waals surface area contributed by atoms with Crippen LogP contribution in [0.5, 0.6) is 0 Å². The van der Waals surface area contributed by atoms with Crippen molar-refractivity contribution in [1.82, 2.24) is 15.5 Å². The SMILES string of the molecule is CNC(=O)C1(NC)CCN(C(=O)OC(C)(C)C)CC1. The van der Waals surface area contributed by atoms with Gasteiger partial charge in [0.25, 0.3) is 0 Å². The van der Waals surface area contributed by atoms with Gasteiger partial charge in [-0.25, -0.2) is 4.79 Å². The number of carbonyl (C=O) groups excluding carboxylic acids is 2. The molecule has 1 aliphatic rings. The maximum atomic E-state index is 11.9. The van der Waals surface area contributed by atoms with Crippen LogP contribution in [0.2, 0.25) is 0 Å². The van der Waals surface area contributed by atoms with E-state index in [4.69, 9.17) is 4.74 Å². The topological polar surface area (TPSA) is 70.7 Å². The van der Waals surface area contributed by atoms with Gasteiger partial charge in [-0.05, 0) is 40.7 Å². The lowest BCUT2D eigenvalue weighted by atomic mass is 9.87. The Hall–Kier alpha value is -1.30. The summed E-state index contributed by atoms with van der Waals surface area (Å²) in [6, 6.07) is 0. The molecule has 1 rings (SSSR count). The van der Waals surface area contributed by atoms with Crippen LogP contribution in [0.3, 0.4) is 0 Å². The molecule has 1 fully saturated rings. The van der Waals surface area contributed by atoms with Gasteiger partial charge in [-0.2, -0.15) is 0 Å². The molecule has 2 amide bonds. The molecule has 0 aromatic heterocycles. The number of hydrogen-bond donors (Lipinski definition) is 2. The summed E-state index contributed by atoms with van der Waals surface area (Å²) in [6.45, 7) is 6.57. The molecule has 0 aromatic rings. The highest BCUT2D eigenvalue weighted by molar-refractivity contribution is 5.86. The van der Waals surface area contributed by atoms with Crippen molar-refractivity contribution >= 4 is 12.0 Å². The van der Waals surface area contributed by atoms with Gasteiger partial charge < -0.3 is 20.3 Å². The summed E-state index contributed by atoms with van der Waals surface area (Å²) in [6.07, 6.45) is 0.860. The zero-order chi connectivity index (χ0) is 14.7. The number of nitrogens with zero attached hydrogens (tertiary/aromatic N) is 1. The molecule has 2 N–H and O–H groups in total. The largest absolute Gasteiger partial charge is 0.444 e. The summed E-state index contributed by atoms with van der Waals surface area (Å²) < 4.78 is 5.33. The minimum Gasteiger partial charge on any atom is -0.444 e. The second-order valence-electron chi connectivity index (χ2n) is 5.88. The molecule has 0 bridgehead atoms. The highest BCUT2D eigenvalue weighted by Crippen LogP contribution is 2.23. The van der Waals surface area contributed by atoms with E-state index in [0.717, 1.165) is 0 Å². The molecule has 0 aromatic carbocycles. The molecule has 0 saturated carbocycles. The van der Waals surface area contributed by atoms with Crippen molar-refractivity contribution in [3.63, 3.8) is 0 Å². The van der Waals surface area contributed by atoms with Gasteiger partial charge in [0.05, 0.1) is 0 Å². The van der Waals surface area contributed by atoms with E-state index >= 15 is 0 Å². The van der Waals surface area contributed by atoms with Crippen LogP contribution in [0.15, 0.2) is 0 Å². The monoisotopic (exact) mass is 271 g/mol. The van der Waals surface area contributed by atoms with E-state index in [2.05, 4.69) is 10.6 Å². The maximum absolute atomic E-state index is 11.9. The molecule has 0 aliphatic carbocycles. The molecule has 1 saturated heterocycles. The third-order valence-electron chi connectivity index (χ3n) is 3.41. The first-order chi connectivity index (χ1) is 8.74. The Bertz CT molecular complexity index is 342. The van der Waals surface area contributed by atoms with E-state index in [1.165, 1.54) is 0 Å². The van der Waals surface area contributed by atoms with E-state index in [1.807, 2.05) is 20.8 Å². The summed E-state index contributed by atoms with van der Waals surface area (Å²) in [7, 11) is 3.40. The first-order valence-electron chi connectivity index (χ1n) is 6.63. The van der Waals surface area contributed by atoms with E-state index in [9.17, 15) is 9.59 Å². The van der Waals surface area contributed by atoms with Gasteiger partial charge in [0.1, 0.15) is 11.1 Å². The van der Waals surface area contributed by atoms with Gasteiger partial charge >= 0.3 is 6.09 Å². The summed E-state index contributed by atoms with van der Waals surface area (Å²) in [5.41, 5.74) is -1.07. The first kappa shape index (κ1) is 15.8. The third kappa shape index (κ3) is 3.83. The van der Waals surface area contributed by atoms with Crippen molar-refractivity contribution < 1.29 is 14.3 Å². The number of nitrogens with one attached hydrogen (secondary N) is 2. The number of piperidine rings is 1. The molecule has 6 nitrogen and oxygen atoms in total. The summed E-state index contributed by atoms with van der Waals surface area (Å²) in [5.74, 6) is -0.0289. The van der Waals surface area contributed by atoms with E-state index < -0.39 is 11.1 Å². The van der Waals surface area contributed by atoms with Gasteiger partial charge in [0.15, 0.2) is 0 Å².